The minimum Gasteiger partial charge on any atom is -0.339 e. The number of nitrogens with zero attached hydrogens (tertiary/aromatic N) is 4. The van der Waals surface area contributed by atoms with E-state index in [0.29, 0.717) is 26.1 Å². The molecule has 3 heterocycles. The fourth-order valence-electron chi connectivity index (χ4n) is 3.03. The Bertz CT molecular complexity index is 599. The van der Waals surface area contributed by atoms with E-state index < -0.39 is 10.0 Å². The number of sulfonamides is 1. The molecule has 2 aliphatic rings. The van der Waals surface area contributed by atoms with E-state index >= 15 is 0 Å². The van der Waals surface area contributed by atoms with Gasteiger partial charge in [0.2, 0.25) is 15.9 Å². The molecule has 2 fully saturated rings. The van der Waals surface area contributed by atoms with Crippen molar-refractivity contribution < 1.29 is 13.2 Å². The topological polar surface area (TPSA) is 75.5 Å². The standard InChI is InChI=1S/C13H20N4O3S/c18-13(10-17-6-2-8-21(17,19)20)15-5-1-3-12(9-15)16-7-4-14-11-16/h4,7,11-12H,1-3,5-6,8-10H2/t12-/m1/s1. The van der Waals surface area contributed by atoms with Gasteiger partial charge in [0.15, 0.2) is 0 Å². The third-order valence-electron chi connectivity index (χ3n) is 4.21. The molecule has 0 radical (unpaired) electrons. The van der Waals surface area contributed by atoms with E-state index in [1.54, 1.807) is 17.4 Å². The van der Waals surface area contributed by atoms with Gasteiger partial charge in [-0.05, 0) is 19.3 Å². The lowest BCUT2D eigenvalue weighted by atomic mass is 10.1. The van der Waals surface area contributed by atoms with E-state index in [9.17, 15) is 13.2 Å². The van der Waals surface area contributed by atoms with Gasteiger partial charge in [-0.3, -0.25) is 4.79 Å². The normalized spacial score (nSPS) is 26.1. The van der Waals surface area contributed by atoms with Gasteiger partial charge in [-0.1, -0.05) is 0 Å². The minimum atomic E-state index is -3.21. The van der Waals surface area contributed by atoms with E-state index in [2.05, 4.69) is 4.98 Å². The maximum atomic E-state index is 12.4. The lowest BCUT2D eigenvalue weighted by Gasteiger charge is -2.34. The molecule has 7 nitrogen and oxygen atoms in total. The molecule has 1 atom stereocenters. The number of carbonyl (C=O) groups excluding carboxylic acids is 1. The average molecular weight is 312 g/mol. The molecule has 0 spiro atoms. The van der Waals surface area contributed by atoms with Crippen molar-refractivity contribution in [2.75, 3.05) is 31.9 Å². The monoisotopic (exact) mass is 312 g/mol. The van der Waals surface area contributed by atoms with Crippen molar-refractivity contribution in [3.8, 4) is 0 Å². The second kappa shape index (κ2) is 5.76. The Kier molecular flexibility index (Phi) is 3.99. The van der Waals surface area contributed by atoms with Crippen LogP contribution in [0.4, 0.5) is 0 Å². The van der Waals surface area contributed by atoms with Crippen molar-refractivity contribution in [1.29, 1.82) is 0 Å². The first-order valence-corrected chi connectivity index (χ1v) is 8.90. The van der Waals surface area contributed by atoms with Crippen LogP contribution in [0.2, 0.25) is 0 Å². The Morgan fingerprint density at radius 2 is 2.14 bits per heavy atom. The highest BCUT2D eigenvalue weighted by molar-refractivity contribution is 7.89. The maximum absolute atomic E-state index is 12.4. The van der Waals surface area contributed by atoms with Gasteiger partial charge >= 0.3 is 0 Å². The number of piperidine rings is 1. The second-order valence-corrected chi connectivity index (χ2v) is 7.74. The number of hydrogen-bond donors (Lipinski definition) is 0. The van der Waals surface area contributed by atoms with Crippen LogP contribution in [0, 0.1) is 0 Å². The van der Waals surface area contributed by atoms with Gasteiger partial charge in [-0.2, -0.15) is 4.31 Å². The average Bonchev–Trinajstić information content (AvgIpc) is 3.10. The number of amides is 1. The molecule has 0 saturated carbocycles. The molecule has 0 bridgehead atoms. The van der Waals surface area contributed by atoms with Crippen molar-refractivity contribution >= 4 is 15.9 Å². The van der Waals surface area contributed by atoms with Crippen molar-refractivity contribution in [3.63, 3.8) is 0 Å². The third kappa shape index (κ3) is 3.11. The molecule has 0 unspecified atom stereocenters. The van der Waals surface area contributed by atoms with Crippen LogP contribution in [0.5, 0.6) is 0 Å². The SMILES string of the molecule is O=C(CN1CCCS1(=O)=O)N1CCC[C@@H](n2ccnc2)C1. The highest BCUT2D eigenvalue weighted by atomic mass is 32.2. The van der Waals surface area contributed by atoms with Crippen LogP contribution in [0.3, 0.4) is 0 Å². The molecule has 1 amide bonds. The maximum Gasteiger partial charge on any atom is 0.237 e. The van der Waals surface area contributed by atoms with Gasteiger partial charge < -0.3 is 9.47 Å². The van der Waals surface area contributed by atoms with Gasteiger partial charge in [0.05, 0.1) is 24.7 Å². The van der Waals surface area contributed by atoms with Gasteiger partial charge in [-0.15, -0.1) is 0 Å². The van der Waals surface area contributed by atoms with Gasteiger partial charge in [-0.25, -0.2) is 13.4 Å². The molecule has 3 rings (SSSR count). The van der Waals surface area contributed by atoms with E-state index in [1.165, 1.54) is 4.31 Å². The Labute approximate surface area is 124 Å². The van der Waals surface area contributed by atoms with Crippen LogP contribution < -0.4 is 0 Å². The molecular formula is C13H20N4O3S. The molecule has 116 valence electrons. The summed E-state index contributed by atoms with van der Waals surface area (Å²) in [5, 5.41) is 0. The number of rotatable bonds is 3. The first-order chi connectivity index (χ1) is 10.1. The zero-order valence-electron chi connectivity index (χ0n) is 11.9. The van der Waals surface area contributed by atoms with Crippen LogP contribution in [0.25, 0.3) is 0 Å². The molecule has 0 N–H and O–H groups in total. The molecule has 0 aliphatic carbocycles. The van der Waals surface area contributed by atoms with Crippen molar-refractivity contribution in [2.45, 2.75) is 25.3 Å². The molecular weight excluding hydrogens is 292 g/mol. The number of aromatic nitrogens is 2. The summed E-state index contributed by atoms with van der Waals surface area (Å²) >= 11 is 0. The first kappa shape index (κ1) is 14.5. The Balaban J connectivity index is 1.62. The molecule has 21 heavy (non-hydrogen) atoms. The predicted octanol–water partition coefficient (Wildman–Crippen LogP) is 0.0821. The molecule has 2 aliphatic heterocycles. The van der Waals surface area contributed by atoms with Crippen molar-refractivity contribution in [2.24, 2.45) is 0 Å². The fourth-order valence-corrected chi connectivity index (χ4v) is 4.50. The van der Waals surface area contributed by atoms with E-state index in [0.717, 1.165) is 12.8 Å². The smallest absolute Gasteiger partial charge is 0.237 e. The number of imidazole rings is 1. The zero-order valence-corrected chi connectivity index (χ0v) is 12.7. The predicted molar refractivity (Wildman–Crippen MR) is 77.1 cm³/mol. The summed E-state index contributed by atoms with van der Waals surface area (Å²) < 4.78 is 26.9. The van der Waals surface area contributed by atoms with E-state index in [1.807, 2.05) is 10.8 Å². The minimum absolute atomic E-state index is 0.0149. The Morgan fingerprint density at radius 1 is 1.29 bits per heavy atom. The highest BCUT2D eigenvalue weighted by Gasteiger charge is 2.32. The number of likely N-dealkylation sites (tertiary alicyclic amines) is 1. The number of hydrogen-bond acceptors (Lipinski definition) is 4. The summed E-state index contributed by atoms with van der Waals surface area (Å²) in [6.07, 6.45) is 7.97. The quantitative estimate of drug-likeness (QED) is 0.792. The second-order valence-electron chi connectivity index (χ2n) is 5.65. The first-order valence-electron chi connectivity index (χ1n) is 7.29. The summed E-state index contributed by atoms with van der Waals surface area (Å²) in [4.78, 5) is 18.2. The summed E-state index contributed by atoms with van der Waals surface area (Å²) in [5.41, 5.74) is 0. The van der Waals surface area contributed by atoms with Crippen LogP contribution in [-0.4, -0.2) is 65.0 Å². The zero-order chi connectivity index (χ0) is 14.9. The van der Waals surface area contributed by atoms with Gasteiger partial charge in [0, 0.05) is 32.0 Å². The molecule has 0 aromatic carbocycles. The van der Waals surface area contributed by atoms with Crippen molar-refractivity contribution in [3.05, 3.63) is 18.7 Å². The fraction of sp³-hybridized carbons (Fsp3) is 0.692. The summed E-state index contributed by atoms with van der Waals surface area (Å²) in [7, 11) is -3.21. The third-order valence-corrected chi connectivity index (χ3v) is 6.11. The van der Waals surface area contributed by atoms with Crippen LogP contribution in [0.15, 0.2) is 18.7 Å². The Hall–Kier alpha value is -1.41. The van der Waals surface area contributed by atoms with Gasteiger partial charge in [0.1, 0.15) is 0 Å². The summed E-state index contributed by atoms with van der Waals surface area (Å²) in [5.74, 6) is 0.0723. The number of carbonyl (C=O) groups is 1. The lowest BCUT2D eigenvalue weighted by molar-refractivity contribution is -0.133. The molecule has 8 heteroatoms. The largest absolute Gasteiger partial charge is 0.339 e. The highest BCUT2D eigenvalue weighted by Crippen LogP contribution is 2.22. The van der Waals surface area contributed by atoms with Crippen molar-refractivity contribution in [1.82, 2.24) is 18.8 Å². The lowest BCUT2D eigenvalue weighted by Crippen LogP contribution is -2.45. The van der Waals surface area contributed by atoms with Crippen LogP contribution >= 0.6 is 0 Å². The van der Waals surface area contributed by atoms with Crippen LogP contribution in [-0.2, 0) is 14.8 Å². The van der Waals surface area contributed by atoms with Gasteiger partial charge in [0.25, 0.3) is 0 Å². The molecule has 1 aromatic rings. The summed E-state index contributed by atoms with van der Waals surface area (Å²) in [6.45, 7) is 1.78. The van der Waals surface area contributed by atoms with E-state index in [-0.39, 0.29) is 24.2 Å². The molecule has 1 aromatic heterocycles. The molecule has 2 saturated heterocycles. The Morgan fingerprint density at radius 3 is 2.81 bits per heavy atom. The van der Waals surface area contributed by atoms with Crippen LogP contribution in [0.1, 0.15) is 25.3 Å². The van der Waals surface area contributed by atoms with E-state index in [4.69, 9.17) is 0 Å². The summed E-state index contributed by atoms with van der Waals surface area (Å²) in [6, 6.07) is 0.236.